The minimum atomic E-state index is 0.138. The van der Waals surface area contributed by atoms with Gasteiger partial charge in [0.2, 0.25) is 0 Å². The first kappa shape index (κ1) is 6.62. The van der Waals surface area contributed by atoms with E-state index in [1.165, 1.54) is 6.42 Å². The first-order valence-electron chi connectivity index (χ1n) is 4.02. The van der Waals surface area contributed by atoms with Crippen LogP contribution in [-0.4, -0.2) is 25.4 Å². The molecule has 2 aliphatic rings. The van der Waals surface area contributed by atoms with Crippen molar-refractivity contribution in [3.63, 3.8) is 0 Å². The van der Waals surface area contributed by atoms with E-state index < -0.39 is 0 Å². The Labute approximate surface area is 61.5 Å². The van der Waals surface area contributed by atoms with Crippen molar-refractivity contribution in [2.45, 2.75) is 25.4 Å². The molecule has 10 heavy (non-hydrogen) atoms. The minimum Gasteiger partial charge on any atom is -0.378 e. The Morgan fingerprint density at radius 3 is 2.90 bits per heavy atom. The average molecular weight is 142 g/mol. The predicted molar refractivity (Wildman–Crippen MR) is 37.9 cm³/mol. The monoisotopic (exact) mass is 142 g/mol. The lowest BCUT2D eigenvalue weighted by atomic mass is 9.95. The number of rotatable bonds is 0. The molecule has 58 valence electrons. The quantitative estimate of drug-likeness (QED) is 0.506. The van der Waals surface area contributed by atoms with E-state index in [1.807, 2.05) is 0 Å². The van der Waals surface area contributed by atoms with Gasteiger partial charge in [0.05, 0.1) is 18.8 Å². The zero-order valence-electron chi connectivity index (χ0n) is 6.43. The summed E-state index contributed by atoms with van der Waals surface area (Å²) in [7, 11) is 0. The first-order valence-corrected chi connectivity index (χ1v) is 4.02. The molecule has 2 nitrogen and oxygen atoms in total. The van der Waals surface area contributed by atoms with Crippen LogP contribution in [0.15, 0.2) is 0 Å². The highest BCUT2D eigenvalue weighted by molar-refractivity contribution is 4.90. The third kappa shape index (κ3) is 0.956. The fraction of sp³-hybridized carbons (Fsp3) is 1.00. The molecule has 0 aromatic rings. The molecule has 2 heteroatoms. The summed E-state index contributed by atoms with van der Waals surface area (Å²) in [5.74, 6) is 0.738. The lowest BCUT2D eigenvalue weighted by Gasteiger charge is -2.18. The highest BCUT2D eigenvalue weighted by atomic mass is 16.6. The topological polar surface area (TPSA) is 18.5 Å². The summed E-state index contributed by atoms with van der Waals surface area (Å²) < 4.78 is 11.0. The number of hydrogen-bond donors (Lipinski definition) is 0. The SMILES string of the molecule is CC1COC2(CCOC2)C1. The Balaban J connectivity index is 2.03. The van der Waals surface area contributed by atoms with Crippen molar-refractivity contribution in [3.8, 4) is 0 Å². The van der Waals surface area contributed by atoms with Crippen molar-refractivity contribution < 1.29 is 9.47 Å². The molecule has 2 rings (SSSR count). The van der Waals surface area contributed by atoms with E-state index in [9.17, 15) is 0 Å². The second-order valence-corrected chi connectivity index (χ2v) is 3.61. The molecule has 2 aliphatic heterocycles. The fourth-order valence-corrected chi connectivity index (χ4v) is 1.94. The van der Waals surface area contributed by atoms with Crippen molar-refractivity contribution in [2.24, 2.45) is 5.92 Å². The summed E-state index contributed by atoms with van der Waals surface area (Å²) in [5, 5.41) is 0. The van der Waals surface area contributed by atoms with E-state index >= 15 is 0 Å². The Morgan fingerprint density at radius 2 is 2.40 bits per heavy atom. The van der Waals surface area contributed by atoms with Gasteiger partial charge in [-0.25, -0.2) is 0 Å². The number of ether oxygens (including phenoxy) is 2. The molecule has 2 saturated heterocycles. The molecule has 0 amide bonds. The largest absolute Gasteiger partial charge is 0.378 e. The van der Waals surface area contributed by atoms with Crippen LogP contribution >= 0.6 is 0 Å². The van der Waals surface area contributed by atoms with Crippen molar-refractivity contribution in [3.05, 3.63) is 0 Å². The van der Waals surface area contributed by atoms with Crippen LogP contribution in [0.4, 0.5) is 0 Å². The van der Waals surface area contributed by atoms with Gasteiger partial charge in [0.1, 0.15) is 0 Å². The molecule has 2 fully saturated rings. The van der Waals surface area contributed by atoms with Gasteiger partial charge in [0, 0.05) is 13.0 Å². The van der Waals surface area contributed by atoms with Crippen LogP contribution in [0.3, 0.4) is 0 Å². The highest BCUT2D eigenvalue weighted by Crippen LogP contribution is 2.36. The van der Waals surface area contributed by atoms with E-state index in [4.69, 9.17) is 9.47 Å². The molecule has 0 aromatic heterocycles. The van der Waals surface area contributed by atoms with Gasteiger partial charge >= 0.3 is 0 Å². The van der Waals surface area contributed by atoms with E-state index in [1.54, 1.807) is 0 Å². The van der Waals surface area contributed by atoms with Crippen LogP contribution in [0.1, 0.15) is 19.8 Å². The summed E-state index contributed by atoms with van der Waals surface area (Å²) in [6.45, 7) is 4.90. The van der Waals surface area contributed by atoms with Crippen LogP contribution in [0.2, 0.25) is 0 Å². The standard InChI is InChI=1S/C8H14O2/c1-7-4-8(10-5-7)2-3-9-6-8/h7H,2-6H2,1H3. The molecule has 2 heterocycles. The van der Waals surface area contributed by atoms with Gasteiger partial charge in [-0.05, 0) is 12.3 Å². The Bertz CT molecular complexity index is 127. The molecular formula is C8H14O2. The van der Waals surface area contributed by atoms with Crippen LogP contribution in [0.25, 0.3) is 0 Å². The fourth-order valence-electron chi connectivity index (χ4n) is 1.94. The molecule has 0 N–H and O–H groups in total. The Kier molecular flexibility index (Phi) is 1.46. The smallest absolute Gasteiger partial charge is 0.0940 e. The van der Waals surface area contributed by atoms with Crippen LogP contribution in [0, 0.1) is 5.92 Å². The average Bonchev–Trinajstić information content (AvgIpc) is 2.46. The van der Waals surface area contributed by atoms with Crippen molar-refractivity contribution in [2.75, 3.05) is 19.8 Å². The van der Waals surface area contributed by atoms with E-state index in [0.717, 1.165) is 32.2 Å². The summed E-state index contributed by atoms with van der Waals surface area (Å²) >= 11 is 0. The highest BCUT2D eigenvalue weighted by Gasteiger charge is 2.41. The predicted octanol–water partition coefficient (Wildman–Crippen LogP) is 1.20. The molecule has 2 unspecified atom stereocenters. The third-order valence-corrected chi connectivity index (χ3v) is 2.46. The lowest BCUT2D eigenvalue weighted by Crippen LogP contribution is -2.27. The molecule has 0 aliphatic carbocycles. The first-order chi connectivity index (χ1) is 4.81. The van der Waals surface area contributed by atoms with Gasteiger partial charge in [-0.2, -0.15) is 0 Å². The van der Waals surface area contributed by atoms with Gasteiger partial charge in [0.25, 0.3) is 0 Å². The maximum atomic E-state index is 5.69. The summed E-state index contributed by atoms with van der Waals surface area (Å²) in [6, 6.07) is 0. The maximum Gasteiger partial charge on any atom is 0.0940 e. The molecular weight excluding hydrogens is 128 g/mol. The number of hydrogen-bond acceptors (Lipinski definition) is 2. The summed E-state index contributed by atoms with van der Waals surface area (Å²) in [6.07, 6.45) is 2.31. The molecule has 1 spiro atoms. The van der Waals surface area contributed by atoms with Gasteiger partial charge in [-0.1, -0.05) is 6.92 Å². The second kappa shape index (κ2) is 2.21. The van der Waals surface area contributed by atoms with Crippen LogP contribution < -0.4 is 0 Å². The van der Waals surface area contributed by atoms with Gasteiger partial charge in [-0.3, -0.25) is 0 Å². The molecule has 0 saturated carbocycles. The van der Waals surface area contributed by atoms with Crippen molar-refractivity contribution >= 4 is 0 Å². The Morgan fingerprint density at radius 1 is 1.50 bits per heavy atom. The van der Waals surface area contributed by atoms with E-state index in [0.29, 0.717) is 0 Å². The Hall–Kier alpha value is -0.0800. The summed E-state index contributed by atoms with van der Waals surface area (Å²) in [4.78, 5) is 0. The van der Waals surface area contributed by atoms with Gasteiger partial charge < -0.3 is 9.47 Å². The second-order valence-electron chi connectivity index (χ2n) is 3.61. The molecule has 0 radical (unpaired) electrons. The summed E-state index contributed by atoms with van der Waals surface area (Å²) in [5.41, 5.74) is 0.138. The zero-order chi connectivity index (χ0) is 7.03. The maximum absolute atomic E-state index is 5.69. The van der Waals surface area contributed by atoms with E-state index in [2.05, 4.69) is 6.92 Å². The molecule has 0 bridgehead atoms. The van der Waals surface area contributed by atoms with Crippen molar-refractivity contribution in [1.29, 1.82) is 0 Å². The van der Waals surface area contributed by atoms with Crippen molar-refractivity contribution in [1.82, 2.24) is 0 Å². The normalized spacial score (nSPS) is 47.1. The van der Waals surface area contributed by atoms with Crippen LogP contribution in [-0.2, 0) is 9.47 Å². The van der Waals surface area contributed by atoms with Gasteiger partial charge in [0.15, 0.2) is 0 Å². The van der Waals surface area contributed by atoms with Gasteiger partial charge in [-0.15, -0.1) is 0 Å². The minimum absolute atomic E-state index is 0.138. The molecule has 2 atom stereocenters. The zero-order valence-corrected chi connectivity index (χ0v) is 6.43. The third-order valence-electron chi connectivity index (χ3n) is 2.46. The van der Waals surface area contributed by atoms with E-state index in [-0.39, 0.29) is 5.60 Å². The molecule has 0 aromatic carbocycles. The lowest BCUT2D eigenvalue weighted by molar-refractivity contribution is -0.00377. The van der Waals surface area contributed by atoms with Crippen LogP contribution in [0.5, 0.6) is 0 Å².